The number of cyclic esters (lactones) is 1. The Balaban J connectivity index is 0.00000245. The largest absolute Gasteiger partial charge is 1.00 e. The number of hydrogen-bond donors (Lipinski definition) is 0. The molecule has 0 aromatic heterocycles. The van der Waals surface area contributed by atoms with Crippen LogP contribution in [-0.4, -0.2) is 5.97 Å². The van der Waals surface area contributed by atoms with Crippen LogP contribution in [0.15, 0.2) is 103 Å². The highest BCUT2D eigenvalue weighted by Crippen LogP contribution is 2.69. The van der Waals surface area contributed by atoms with Crippen LogP contribution in [0.5, 0.6) is 0 Å². The standard InChI is InChI=1S/C26H18F2O2P.BrH/c27-18-16-22-24(23(28)17-18)26(30-25(22)29)31(19-10-4-1-5-11-19,20-12-6-2-7-13-20)21-14-8-3-9-15-21;/h1-17,26H;1H/q+1;/p-1. The summed E-state index contributed by atoms with van der Waals surface area (Å²) in [4.78, 5) is 12.8. The van der Waals surface area contributed by atoms with Crippen molar-refractivity contribution < 1.29 is 35.3 Å². The number of hydrogen-bond acceptors (Lipinski definition) is 2. The molecule has 5 rings (SSSR count). The maximum Gasteiger partial charge on any atom is 0.342 e. The van der Waals surface area contributed by atoms with Gasteiger partial charge in [0.25, 0.3) is 5.85 Å². The van der Waals surface area contributed by atoms with Gasteiger partial charge in [-0.3, -0.25) is 0 Å². The van der Waals surface area contributed by atoms with Gasteiger partial charge in [-0.25, -0.2) is 13.6 Å². The molecule has 0 N–H and O–H groups in total. The van der Waals surface area contributed by atoms with Crippen LogP contribution >= 0.6 is 7.26 Å². The average Bonchev–Trinajstić information content (AvgIpc) is 3.13. The first kappa shape index (κ1) is 22.3. The molecule has 1 unspecified atom stereocenters. The lowest BCUT2D eigenvalue weighted by atomic mass is 10.1. The van der Waals surface area contributed by atoms with Crippen molar-refractivity contribution in [1.82, 2.24) is 0 Å². The zero-order valence-electron chi connectivity index (χ0n) is 16.8. The molecule has 4 aromatic rings. The van der Waals surface area contributed by atoms with Gasteiger partial charge in [-0.2, -0.15) is 0 Å². The Morgan fingerprint density at radius 2 is 1.12 bits per heavy atom. The first-order valence-corrected chi connectivity index (χ1v) is 11.7. The Hall–Kier alpha value is -2.88. The Morgan fingerprint density at radius 3 is 1.56 bits per heavy atom. The first-order valence-electron chi connectivity index (χ1n) is 9.88. The van der Waals surface area contributed by atoms with Gasteiger partial charge in [0.1, 0.15) is 27.5 Å². The number of fused-ring (bicyclic) bond motifs is 1. The first-order chi connectivity index (χ1) is 15.1. The lowest BCUT2D eigenvalue weighted by molar-refractivity contribution is -0.0000249. The van der Waals surface area contributed by atoms with E-state index in [1.165, 1.54) is 0 Å². The van der Waals surface area contributed by atoms with Crippen molar-refractivity contribution in [1.29, 1.82) is 0 Å². The molecule has 0 spiro atoms. The Morgan fingerprint density at radius 1 is 0.688 bits per heavy atom. The van der Waals surface area contributed by atoms with Crippen LogP contribution in [0.4, 0.5) is 8.78 Å². The third kappa shape index (κ3) is 3.46. The SMILES string of the molecule is O=C1OC([P+](c2ccccc2)(c2ccccc2)c2ccccc2)c2c(F)cc(F)cc21.[Br-]. The second-order valence-corrected chi connectivity index (χ2v) is 10.8. The van der Waals surface area contributed by atoms with E-state index >= 15 is 4.39 Å². The normalized spacial score (nSPS) is 14.9. The molecule has 0 radical (unpaired) electrons. The van der Waals surface area contributed by atoms with Crippen LogP contribution in [0.1, 0.15) is 21.8 Å². The van der Waals surface area contributed by atoms with Gasteiger partial charge >= 0.3 is 5.97 Å². The fourth-order valence-corrected chi connectivity index (χ4v) is 8.88. The maximum atomic E-state index is 15.2. The van der Waals surface area contributed by atoms with Gasteiger partial charge < -0.3 is 21.7 Å². The van der Waals surface area contributed by atoms with Crippen molar-refractivity contribution in [2.45, 2.75) is 5.85 Å². The van der Waals surface area contributed by atoms with Gasteiger partial charge in [-0.1, -0.05) is 54.6 Å². The van der Waals surface area contributed by atoms with Crippen LogP contribution in [0, 0.1) is 11.6 Å². The van der Waals surface area contributed by atoms with Crippen molar-refractivity contribution in [3.05, 3.63) is 126 Å². The number of rotatable bonds is 4. The number of esters is 1. The van der Waals surface area contributed by atoms with Gasteiger partial charge in [0.15, 0.2) is 7.26 Å². The van der Waals surface area contributed by atoms with E-state index in [1.807, 2.05) is 91.0 Å². The summed E-state index contributed by atoms with van der Waals surface area (Å²) in [6, 6.07) is 31.1. The molecule has 6 heteroatoms. The summed E-state index contributed by atoms with van der Waals surface area (Å²) in [5.74, 6) is -3.16. The minimum Gasteiger partial charge on any atom is -1.00 e. The third-order valence-electron chi connectivity index (χ3n) is 5.62. The molecular formula is C26H18BrF2O2P. The van der Waals surface area contributed by atoms with Crippen LogP contribution in [0.3, 0.4) is 0 Å². The zero-order chi connectivity index (χ0) is 21.4. The molecule has 0 amide bonds. The summed E-state index contributed by atoms with van der Waals surface area (Å²) < 4.78 is 35.0. The summed E-state index contributed by atoms with van der Waals surface area (Å²) in [6.45, 7) is 0. The predicted molar refractivity (Wildman–Crippen MR) is 120 cm³/mol. The summed E-state index contributed by atoms with van der Waals surface area (Å²) in [7, 11) is -2.72. The van der Waals surface area contributed by atoms with E-state index < -0.39 is 30.7 Å². The molecule has 0 bridgehead atoms. The number of carbonyl (C=O) groups is 1. The molecule has 0 aliphatic carbocycles. The van der Waals surface area contributed by atoms with E-state index in [-0.39, 0.29) is 28.1 Å². The quantitative estimate of drug-likeness (QED) is 0.310. The topological polar surface area (TPSA) is 26.3 Å². The molecule has 1 heterocycles. The molecule has 0 saturated heterocycles. The Kier molecular flexibility index (Phi) is 6.23. The number of benzene rings is 4. The predicted octanol–water partition coefficient (Wildman–Crippen LogP) is 2.13. The van der Waals surface area contributed by atoms with Gasteiger partial charge in [0.2, 0.25) is 0 Å². The van der Waals surface area contributed by atoms with E-state index in [1.54, 1.807) is 0 Å². The van der Waals surface area contributed by atoms with Gasteiger partial charge in [-0.15, -0.1) is 0 Å². The van der Waals surface area contributed by atoms with Crippen LogP contribution < -0.4 is 32.9 Å². The molecule has 1 atom stereocenters. The molecule has 2 nitrogen and oxygen atoms in total. The van der Waals surface area contributed by atoms with E-state index in [4.69, 9.17) is 4.74 Å². The Labute approximate surface area is 196 Å². The summed E-state index contributed by atoms with van der Waals surface area (Å²) in [5, 5.41) is 2.84. The fourth-order valence-electron chi connectivity index (χ4n) is 4.34. The van der Waals surface area contributed by atoms with Gasteiger partial charge in [0, 0.05) is 6.07 Å². The van der Waals surface area contributed by atoms with Crippen molar-refractivity contribution in [2.75, 3.05) is 0 Å². The van der Waals surface area contributed by atoms with Gasteiger partial charge in [0.05, 0.1) is 11.1 Å². The number of ether oxygens (including phenoxy) is 1. The minimum absolute atomic E-state index is 0. The van der Waals surface area contributed by atoms with Crippen LogP contribution in [-0.2, 0) is 4.74 Å². The Bertz CT molecular complexity index is 1150. The van der Waals surface area contributed by atoms with Crippen LogP contribution in [0.2, 0.25) is 0 Å². The molecule has 0 saturated carbocycles. The molecule has 4 aromatic carbocycles. The van der Waals surface area contributed by atoms with E-state index in [9.17, 15) is 9.18 Å². The monoisotopic (exact) mass is 510 g/mol. The highest BCUT2D eigenvalue weighted by molar-refractivity contribution is 7.95. The summed E-state index contributed by atoms with van der Waals surface area (Å²) in [6.07, 6.45) is 0. The lowest BCUT2D eigenvalue weighted by Crippen LogP contribution is -3.00. The zero-order valence-corrected chi connectivity index (χ0v) is 19.3. The van der Waals surface area contributed by atoms with Crippen molar-refractivity contribution in [3.8, 4) is 0 Å². The lowest BCUT2D eigenvalue weighted by Gasteiger charge is -2.31. The molecule has 1 aliphatic rings. The minimum atomic E-state index is -2.72. The molecular weight excluding hydrogens is 493 g/mol. The van der Waals surface area contributed by atoms with Crippen molar-refractivity contribution in [2.24, 2.45) is 0 Å². The fraction of sp³-hybridized carbons (Fsp3) is 0.0385. The second kappa shape index (κ2) is 8.93. The van der Waals surface area contributed by atoms with E-state index in [0.717, 1.165) is 28.0 Å². The average molecular weight is 511 g/mol. The van der Waals surface area contributed by atoms with E-state index in [0.29, 0.717) is 0 Å². The molecule has 0 fully saturated rings. The second-order valence-electron chi connectivity index (χ2n) is 7.34. The van der Waals surface area contributed by atoms with E-state index in [2.05, 4.69) is 0 Å². The molecule has 32 heavy (non-hydrogen) atoms. The summed E-state index contributed by atoms with van der Waals surface area (Å²) >= 11 is 0. The smallest absolute Gasteiger partial charge is 0.342 e. The van der Waals surface area contributed by atoms with Crippen molar-refractivity contribution in [3.63, 3.8) is 0 Å². The summed E-state index contributed by atoms with van der Waals surface area (Å²) in [5.41, 5.74) is 0.0750. The molecule has 160 valence electrons. The highest BCUT2D eigenvalue weighted by Gasteiger charge is 2.59. The highest BCUT2D eigenvalue weighted by atomic mass is 79.9. The third-order valence-corrected chi connectivity index (χ3v) is 10.0. The van der Waals surface area contributed by atoms with Crippen molar-refractivity contribution >= 4 is 29.1 Å². The number of halogens is 3. The van der Waals surface area contributed by atoms with Crippen LogP contribution in [0.25, 0.3) is 0 Å². The molecule has 1 aliphatic heterocycles. The maximum absolute atomic E-state index is 15.2. The number of carbonyl (C=O) groups excluding carboxylic acids is 1. The van der Waals surface area contributed by atoms with Gasteiger partial charge in [-0.05, 0) is 42.5 Å².